The molecule has 0 amide bonds. The molecular formula is C9H16N4O2. The Morgan fingerprint density at radius 3 is 2.60 bits per heavy atom. The Morgan fingerprint density at radius 2 is 2.13 bits per heavy atom. The monoisotopic (exact) mass is 212 g/mol. The number of esters is 1. The average Bonchev–Trinajstić information content (AvgIpc) is 2.46. The van der Waals surface area contributed by atoms with Crippen LogP contribution in [0.3, 0.4) is 0 Å². The molecule has 0 bridgehead atoms. The van der Waals surface area contributed by atoms with Gasteiger partial charge in [0.15, 0.2) is 11.5 Å². The Hall–Kier alpha value is -1.59. The van der Waals surface area contributed by atoms with Gasteiger partial charge in [-0.15, -0.1) is 5.10 Å². The molecule has 15 heavy (non-hydrogen) atoms. The van der Waals surface area contributed by atoms with Crippen molar-refractivity contribution in [2.45, 2.75) is 33.2 Å². The van der Waals surface area contributed by atoms with E-state index >= 15 is 0 Å². The Kier molecular flexibility index (Phi) is 2.97. The topological polar surface area (TPSA) is 83.0 Å². The zero-order valence-corrected chi connectivity index (χ0v) is 9.44. The van der Waals surface area contributed by atoms with Crippen LogP contribution in [-0.2, 0) is 10.3 Å². The minimum absolute atomic E-state index is 0.100. The molecule has 84 valence electrons. The van der Waals surface area contributed by atoms with Crippen LogP contribution in [0.25, 0.3) is 0 Å². The van der Waals surface area contributed by atoms with Crippen molar-refractivity contribution in [2.24, 2.45) is 0 Å². The first-order valence-electron chi connectivity index (χ1n) is 4.76. The zero-order valence-electron chi connectivity index (χ0n) is 9.44. The first-order chi connectivity index (χ1) is 6.88. The molecule has 0 fully saturated rings. The van der Waals surface area contributed by atoms with Crippen LogP contribution in [0.15, 0.2) is 0 Å². The largest absolute Gasteiger partial charge is 0.461 e. The van der Waals surface area contributed by atoms with E-state index in [4.69, 9.17) is 10.5 Å². The molecule has 6 nitrogen and oxygen atoms in total. The number of nitrogens with two attached hydrogens (primary N) is 1. The van der Waals surface area contributed by atoms with E-state index < -0.39 is 5.97 Å². The van der Waals surface area contributed by atoms with E-state index in [0.717, 1.165) is 0 Å². The third-order valence-corrected chi connectivity index (χ3v) is 1.80. The van der Waals surface area contributed by atoms with E-state index in [-0.39, 0.29) is 17.1 Å². The van der Waals surface area contributed by atoms with Crippen LogP contribution in [-0.4, -0.2) is 27.6 Å². The molecule has 0 aliphatic rings. The number of nitrogens with zero attached hydrogens (tertiary/aromatic N) is 3. The lowest BCUT2D eigenvalue weighted by molar-refractivity contribution is 0.0505. The summed E-state index contributed by atoms with van der Waals surface area (Å²) >= 11 is 0. The quantitative estimate of drug-likeness (QED) is 0.733. The number of nitrogen functional groups attached to an aromatic ring is 1. The highest BCUT2D eigenvalue weighted by molar-refractivity contribution is 5.92. The summed E-state index contributed by atoms with van der Waals surface area (Å²) in [5, 5.41) is 7.51. The summed E-state index contributed by atoms with van der Waals surface area (Å²) in [6.45, 7) is 7.75. The Balaban J connectivity index is 3.16. The highest BCUT2D eigenvalue weighted by atomic mass is 16.5. The van der Waals surface area contributed by atoms with Crippen molar-refractivity contribution in [1.29, 1.82) is 0 Å². The molecule has 0 aromatic carbocycles. The molecule has 6 heteroatoms. The van der Waals surface area contributed by atoms with Gasteiger partial charge < -0.3 is 10.5 Å². The smallest absolute Gasteiger partial charge is 0.360 e. The van der Waals surface area contributed by atoms with E-state index in [1.54, 1.807) is 6.92 Å². The summed E-state index contributed by atoms with van der Waals surface area (Å²) in [7, 11) is 0. The van der Waals surface area contributed by atoms with E-state index in [1.807, 2.05) is 20.8 Å². The zero-order chi connectivity index (χ0) is 11.6. The fraction of sp³-hybridized carbons (Fsp3) is 0.667. The first-order valence-corrected chi connectivity index (χ1v) is 4.76. The number of hydrogen-bond acceptors (Lipinski definition) is 5. The normalized spacial score (nSPS) is 11.5. The summed E-state index contributed by atoms with van der Waals surface area (Å²) in [5.41, 5.74) is 5.43. The van der Waals surface area contributed by atoms with Gasteiger partial charge in [-0.25, -0.2) is 9.48 Å². The molecule has 0 aliphatic heterocycles. The maximum Gasteiger partial charge on any atom is 0.360 e. The van der Waals surface area contributed by atoms with E-state index in [0.29, 0.717) is 6.61 Å². The third-order valence-electron chi connectivity index (χ3n) is 1.80. The Labute approximate surface area is 88.4 Å². The molecule has 0 saturated heterocycles. The molecular weight excluding hydrogens is 196 g/mol. The Morgan fingerprint density at radius 1 is 1.53 bits per heavy atom. The van der Waals surface area contributed by atoms with Crippen molar-refractivity contribution in [3.05, 3.63) is 5.69 Å². The van der Waals surface area contributed by atoms with Crippen LogP contribution >= 0.6 is 0 Å². The minimum Gasteiger partial charge on any atom is -0.461 e. The van der Waals surface area contributed by atoms with Crippen LogP contribution in [0.4, 0.5) is 5.82 Å². The maximum absolute atomic E-state index is 11.6. The van der Waals surface area contributed by atoms with Gasteiger partial charge in [-0.1, -0.05) is 5.21 Å². The number of rotatable bonds is 2. The fourth-order valence-corrected chi connectivity index (χ4v) is 1.15. The van der Waals surface area contributed by atoms with Crippen LogP contribution in [0.2, 0.25) is 0 Å². The van der Waals surface area contributed by atoms with Gasteiger partial charge in [0.2, 0.25) is 0 Å². The van der Waals surface area contributed by atoms with Crippen LogP contribution < -0.4 is 5.73 Å². The minimum atomic E-state index is -0.491. The fourth-order valence-electron chi connectivity index (χ4n) is 1.15. The van der Waals surface area contributed by atoms with Gasteiger partial charge in [-0.05, 0) is 27.7 Å². The predicted molar refractivity (Wildman–Crippen MR) is 55.4 cm³/mol. The van der Waals surface area contributed by atoms with Gasteiger partial charge in [-0.2, -0.15) is 0 Å². The molecule has 0 radical (unpaired) electrons. The Bertz CT molecular complexity index is 365. The lowest BCUT2D eigenvalue weighted by Crippen LogP contribution is -2.28. The first kappa shape index (κ1) is 11.5. The summed E-state index contributed by atoms with van der Waals surface area (Å²) in [6, 6.07) is 0. The second kappa shape index (κ2) is 3.88. The van der Waals surface area contributed by atoms with E-state index in [1.165, 1.54) is 4.68 Å². The highest BCUT2D eigenvalue weighted by Crippen LogP contribution is 2.19. The van der Waals surface area contributed by atoms with Crippen molar-refractivity contribution in [1.82, 2.24) is 15.0 Å². The van der Waals surface area contributed by atoms with Crippen molar-refractivity contribution >= 4 is 11.8 Å². The summed E-state index contributed by atoms with van der Waals surface area (Å²) in [6.07, 6.45) is 0. The molecule has 0 spiro atoms. The van der Waals surface area contributed by atoms with Gasteiger partial charge in [0, 0.05) is 0 Å². The van der Waals surface area contributed by atoms with E-state index in [9.17, 15) is 4.79 Å². The van der Waals surface area contributed by atoms with Gasteiger partial charge in [0.1, 0.15) is 0 Å². The molecule has 0 aliphatic carbocycles. The molecule has 1 heterocycles. The molecule has 0 unspecified atom stereocenters. The standard InChI is InChI=1S/C9H16N4O2/c1-5-15-8(14)6-7(10)11-12-13(6)9(2,3)4/h5,10H2,1-4H3. The number of anilines is 1. The van der Waals surface area contributed by atoms with E-state index in [2.05, 4.69) is 10.3 Å². The van der Waals surface area contributed by atoms with Gasteiger partial charge in [-0.3, -0.25) is 0 Å². The van der Waals surface area contributed by atoms with Gasteiger partial charge in [0.25, 0.3) is 0 Å². The predicted octanol–water partition coefficient (Wildman–Crippen LogP) is 0.792. The van der Waals surface area contributed by atoms with Crippen molar-refractivity contribution in [3.63, 3.8) is 0 Å². The second-order valence-corrected chi connectivity index (χ2v) is 4.13. The number of carbonyl (C=O) groups excluding carboxylic acids is 1. The van der Waals surface area contributed by atoms with Crippen molar-refractivity contribution in [3.8, 4) is 0 Å². The second-order valence-electron chi connectivity index (χ2n) is 4.13. The molecule has 0 atom stereocenters. The van der Waals surface area contributed by atoms with Crippen LogP contribution in [0, 0.1) is 0 Å². The van der Waals surface area contributed by atoms with Crippen LogP contribution in [0.1, 0.15) is 38.2 Å². The van der Waals surface area contributed by atoms with Crippen LogP contribution in [0.5, 0.6) is 0 Å². The summed E-state index contributed by atoms with van der Waals surface area (Å²) in [5.74, 6) is -0.390. The average molecular weight is 212 g/mol. The SMILES string of the molecule is CCOC(=O)c1c(N)nnn1C(C)(C)C. The molecule has 1 aromatic rings. The number of hydrogen-bond donors (Lipinski definition) is 1. The molecule has 0 saturated carbocycles. The lowest BCUT2D eigenvalue weighted by atomic mass is 10.1. The van der Waals surface area contributed by atoms with Gasteiger partial charge >= 0.3 is 5.97 Å². The maximum atomic E-state index is 11.6. The van der Waals surface area contributed by atoms with Crippen molar-refractivity contribution in [2.75, 3.05) is 12.3 Å². The number of ether oxygens (including phenoxy) is 1. The lowest BCUT2D eigenvalue weighted by Gasteiger charge is -2.20. The number of carbonyl (C=O) groups is 1. The summed E-state index contributed by atoms with van der Waals surface area (Å²) in [4.78, 5) is 11.6. The molecule has 1 aromatic heterocycles. The molecule has 2 N–H and O–H groups in total. The van der Waals surface area contributed by atoms with Gasteiger partial charge in [0.05, 0.1) is 12.1 Å². The summed E-state index contributed by atoms with van der Waals surface area (Å²) < 4.78 is 6.36. The third kappa shape index (κ3) is 2.26. The highest BCUT2D eigenvalue weighted by Gasteiger charge is 2.26. The number of aromatic nitrogens is 3. The van der Waals surface area contributed by atoms with Crippen molar-refractivity contribution < 1.29 is 9.53 Å². The molecule has 1 rings (SSSR count).